The summed E-state index contributed by atoms with van der Waals surface area (Å²) in [4.78, 5) is 4.07. The smallest absolute Gasteiger partial charge is 0.138 e. The van der Waals surface area contributed by atoms with Crippen molar-refractivity contribution in [2.24, 2.45) is 0 Å². The van der Waals surface area contributed by atoms with Gasteiger partial charge < -0.3 is 0 Å². The molecule has 0 atom stereocenters. The number of nitrogens with zero attached hydrogens (tertiary/aromatic N) is 3. The van der Waals surface area contributed by atoms with Gasteiger partial charge in [0.05, 0.1) is 11.9 Å². The molecule has 120 valence electrons. The Morgan fingerprint density at radius 3 is 2.20 bits per heavy atom. The van der Waals surface area contributed by atoms with Crippen LogP contribution < -0.4 is 0 Å². The van der Waals surface area contributed by atoms with Crippen molar-refractivity contribution in [3.63, 3.8) is 0 Å². The topological polar surface area (TPSA) is 38.7 Å². The summed E-state index contributed by atoms with van der Waals surface area (Å²) in [6.45, 7) is 0. The van der Waals surface area contributed by atoms with Gasteiger partial charge in [-0.05, 0) is 12.1 Å². The lowest BCUT2D eigenvalue weighted by molar-refractivity contribution is 0.634. The molecule has 4 rings (SSSR count). The van der Waals surface area contributed by atoms with Gasteiger partial charge in [-0.25, -0.2) is 4.39 Å². The highest BCUT2D eigenvalue weighted by atomic mass is 19.1. The summed E-state index contributed by atoms with van der Waals surface area (Å²) >= 11 is 0. The Balaban J connectivity index is 1.81. The van der Waals surface area contributed by atoms with Crippen LogP contribution in [0.5, 0.6) is 0 Å². The van der Waals surface area contributed by atoms with Crippen LogP contribution in [0.2, 0.25) is 0 Å². The molecule has 0 saturated carbocycles. The zero-order valence-corrected chi connectivity index (χ0v) is 13.3. The molecule has 0 N–H and O–H groups in total. The van der Waals surface area contributed by atoms with Gasteiger partial charge >= 0.3 is 0 Å². The number of rotatable bonds is 3. The van der Waals surface area contributed by atoms with E-state index in [4.69, 9.17) is 0 Å². The van der Waals surface area contributed by atoms with E-state index in [1.165, 1.54) is 0 Å². The second-order valence-corrected chi connectivity index (χ2v) is 5.60. The summed E-state index contributed by atoms with van der Waals surface area (Å²) in [6, 6.07) is 20.6. The summed E-state index contributed by atoms with van der Waals surface area (Å²) in [5.41, 5.74) is 4.10. The van der Waals surface area contributed by atoms with Gasteiger partial charge in [0.1, 0.15) is 5.82 Å². The van der Waals surface area contributed by atoms with E-state index in [0.29, 0.717) is 22.4 Å². The molecule has 0 radical (unpaired) electrons. The number of benzene rings is 2. The lowest BCUT2D eigenvalue weighted by Gasteiger charge is -2.09. The zero-order chi connectivity index (χ0) is 17.1. The first-order chi connectivity index (χ1) is 12.3. The molecule has 0 aliphatic rings. The Morgan fingerprint density at radius 2 is 1.44 bits per heavy atom. The fraction of sp³-hybridized carbons (Fsp3) is 0. The predicted molar refractivity (Wildman–Crippen MR) is 96.1 cm³/mol. The van der Waals surface area contributed by atoms with Gasteiger partial charge in [-0.2, -0.15) is 10.2 Å². The lowest BCUT2D eigenvalue weighted by Crippen LogP contribution is -1.93. The van der Waals surface area contributed by atoms with Crippen LogP contribution in [0.3, 0.4) is 0 Å². The molecule has 0 aliphatic carbocycles. The molecule has 4 aromatic rings. The highest BCUT2D eigenvalue weighted by molar-refractivity contribution is 5.75. The van der Waals surface area contributed by atoms with Gasteiger partial charge in [-0.3, -0.25) is 4.98 Å². The van der Waals surface area contributed by atoms with Crippen molar-refractivity contribution in [2.45, 2.75) is 0 Å². The summed E-state index contributed by atoms with van der Waals surface area (Å²) < 4.78 is 15.1. The van der Waals surface area contributed by atoms with Crippen molar-refractivity contribution in [3.8, 4) is 33.5 Å². The number of pyridine rings is 1. The largest absolute Gasteiger partial charge is 0.264 e. The van der Waals surface area contributed by atoms with E-state index in [2.05, 4.69) is 15.2 Å². The standard InChI is InChI=1S/C21H14FN3/c22-21-18(16-8-5-11-23-13-16)9-4-10-19(21)17-12-20(25-24-14-17)15-6-2-1-3-7-15/h1-14H. The van der Waals surface area contributed by atoms with Gasteiger partial charge in [0, 0.05) is 40.2 Å². The maximum Gasteiger partial charge on any atom is 0.138 e. The van der Waals surface area contributed by atoms with Crippen LogP contribution in [-0.4, -0.2) is 15.2 Å². The molecule has 0 saturated heterocycles. The number of halogens is 1. The molecule has 0 spiro atoms. The number of hydrogen-bond donors (Lipinski definition) is 0. The van der Waals surface area contributed by atoms with Crippen LogP contribution in [0.1, 0.15) is 0 Å². The summed E-state index contributed by atoms with van der Waals surface area (Å²) in [5.74, 6) is -0.289. The first-order valence-electron chi connectivity index (χ1n) is 7.90. The number of hydrogen-bond acceptors (Lipinski definition) is 3. The molecular formula is C21H14FN3. The van der Waals surface area contributed by atoms with Crippen LogP contribution in [0, 0.1) is 5.82 Å². The minimum absolute atomic E-state index is 0.289. The minimum Gasteiger partial charge on any atom is -0.264 e. The molecule has 2 heterocycles. The SMILES string of the molecule is Fc1c(-c2cccnc2)cccc1-c1cnnc(-c2ccccc2)c1. The third kappa shape index (κ3) is 3.02. The molecule has 0 fully saturated rings. The average Bonchev–Trinajstić information content (AvgIpc) is 2.70. The van der Waals surface area contributed by atoms with Crippen molar-refractivity contribution < 1.29 is 4.39 Å². The predicted octanol–water partition coefficient (Wildman–Crippen LogP) is 5.01. The third-order valence-corrected chi connectivity index (χ3v) is 4.01. The zero-order valence-electron chi connectivity index (χ0n) is 13.3. The van der Waals surface area contributed by atoms with E-state index >= 15 is 4.39 Å². The van der Waals surface area contributed by atoms with E-state index in [1.807, 2.05) is 48.5 Å². The van der Waals surface area contributed by atoms with Crippen LogP contribution >= 0.6 is 0 Å². The average molecular weight is 327 g/mol. The molecule has 2 aromatic heterocycles. The number of aromatic nitrogens is 3. The molecular weight excluding hydrogens is 313 g/mol. The first kappa shape index (κ1) is 15.1. The minimum atomic E-state index is -0.289. The van der Waals surface area contributed by atoms with Gasteiger partial charge in [-0.15, -0.1) is 0 Å². The van der Waals surface area contributed by atoms with Gasteiger partial charge in [0.2, 0.25) is 0 Å². The highest BCUT2D eigenvalue weighted by Gasteiger charge is 2.13. The summed E-state index contributed by atoms with van der Waals surface area (Å²) in [6.07, 6.45) is 4.91. The molecule has 25 heavy (non-hydrogen) atoms. The first-order valence-corrected chi connectivity index (χ1v) is 7.90. The van der Waals surface area contributed by atoms with Crippen LogP contribution in [-0.2, 0) is 0 Å². The Hall–Kier alpha value is -3.40. The summed E-state index contributed by atoms with van der Waals surface area (Å²) in [5, 5.41) is 8.21. The molecule has 0 bridgehead atoms. The molecule has 3 nitrogen and oxygen atoms in total. The fourth-order valence-corrected chi connectivity index (χ4v) is 2.76. The Bertz CT molecular complexity index is 1000. The quantitative estimate of drug-likeness (QED) is 0.531. The second-order valence-electron chi connectivity index (χ2n) is 5.60. The van der Waals surface area contributed by atoms with E-state index in [1.54, 1.807) is 36.8 Å². The van der Waals surface area contributed by atoms with Crippen molar-refractivity contribution in [3.05, 3.63) is 91.1 Å². The van der Waals surface area contributed by atoms with Crippen molar-refractivity contribution in [1.82, 2.24) is 15.2 Å². The van der Waals surface area contributed by atoms with Gasteiger partial charge in [0.15, 0.2) is 0 Å². The Kier molecular flexibility index (Phi) is 4.01. The van der Waals surface area contributed by atoms with Crippen molar-refractivity contribution >= 4 is 0 Å². The molecule has 0 unspecified atom stereocenters. The van der Waals surface area contributed by atoms with Crippen LogP contribution in [0.4, 0.5) is 4.39 Å². The maximum atomic E-state index is 15.1. The normalized spacial score (nSPS) is 10.6. The van der Waals surface area contributed by atoms with E-state index < -0.39 is 0 Å². The monoisotopic (exact) mass is 327 g/mol. The van der Waals surface area contributed by atoms with Gasteiger partial charge in [0.25, 0.3) is 0 Å². The van der Waals surface area contributed by atoms with E-state index in [9.17, 15) is 0 Å². The maximum absolute atomic E-state index is 15.1. The van der Waals surface area contributed by atoms with Gasteiger partial charge in [-0.1, -0.05) is 54.6 Å². The molecule has 4 heteroatoms. The Morgan fingerprint density at radius 1 is 0.680 bits per heavy atom. The van der Waals surface area contributed by atoms with Crippen molar-refractivity contribution in [1.29, 1.82) is 0 Å². The lowest BCUT2D eigenvalue weighted by atomic mass is 9.99. The fourth-order valence-electron chi connectivity index (χ4n) is 2.76. The van der Waals surface area contributed by atoms with E-state index in [0.717, 1.165) is 11.1 Å². The third-order valence-electron chi connectivity index (χ3n) is 4.01. The van der Waals surface area contributed by atoms with E-state index in [-0.39, 0.29) is 5.82 Å². The van der Waals surface area contributed by atoms with Crippen molar-refractivity contribution in [2.75, 3.05) is 0 Å². The molecule has 2 aromatic carbocycles. The van der Waals surface area contributed by atoms with Crippen LogP contribution in [0.15, 0.2) is 85.3 Å². The summed E-state index contributed by atoms with van der Waals surface area (Å²) in [7, 11) is 0. The highest BCUT2D eigenvalue weighted by Crippen LogP contribution is 2.31. The Labute approximate surface area is 144 Å². The molecule has 0 amide bonds. The molecule has 0 aliphatic heterocycles. The van der Waals surface area contributed by atoms with Crippen LogP contribution in [0.25, 0.3) is 33.5 Å². The second kappa shape index (κ2) is 6.61.